The van der Waals surface area contributed by atoms with Crippen LogP contribution in [0.3, 0.4) is 0 Å². The maximum atomic E-state index is 12.8. The quantitative estimate of drug-likeness (QED) is 0.530. The van der Waals surface area contributed by atoms with E-state index in [2.05, 4.69) is 23.3 Å². The molecule has 0 N–H and O–H groups in total. The fourth-order valence-corrected chi connectivity index (χ4v) is 2.49. The van der Waals surface area contributed by atoms with Gasteiger partial charge >= 0.3 is 6.18 Å². The zero-order valence-electron chi connectivity index (χ0n) is 16.2. The van der Waals surface area contributed by atoms with E-state index in [1.54, 1.807) is 7.05 Å². The summed E-state index contributed by atoms with van der Waals surface area (Å²) < 4.78 is 62.6. The van der Waals surface area contributed by atoms with Crippen molar-refractivity contribution in [3.8, 4) is 5.69 Å². The Hall–Kier alpha value is -2.68. The van der Waals surface area contributed by atoms with Crippen LogP contribution in [0.2, 0.25) is 0 Å². The molecule has 0 aliphatic carbocycles. The Balaban J connectivity index is 0.00000133. The molecule has 0 unspecified atom stereocenters. The number of allylic oxidation sites excluding steroid dienone is 2. The second kappa shape index (κ2) is 11.2. The van der Waals surface area contributed by atoms with Crippen molar-refractivity contribution in [2.24, 2.45) is 4.99 Å². The first kappa shape index (κ1) is 25.3. The third-order valence-corrected chi connectivity index (χ3v) is 4.08. The number of hydrogen-bond acceptors (Lipinski definition) is 4. The van der Waals surface area contributed by atoms with Crippen molar-refractivity contribution in [1.82, 2.24) is 9.55 Å². The van der Waals surface area contributed by atoms with Gasteiger partial charge in [-0.15, -0.1) is 0 Å². The predicted octanol–water partition coefficient (Wildman–Crippen LogP) is 4.84. The molecule has 0 radical (unpaired) electrons. The standard InChI is InChI=1S/C15H13F3N2O2S.C2H5N.C2H6/c1-3-4-5-14-19-13(15(16,17)18)10-20(14)11-6-8-12(9-7-11)23(2,21)22;1-3-2;1-2/h3-10H,1H2,2H3;1H2,2H3;1-2H3/b5-4+;;. The Morgan fingerprint density at radius 1 is 1.18 bits per heavy atom. The zero-order chi connectivity index (χ0) is 22.0. The van der Waals surface area contributed by atoms with E-state index in [1.165, 1.54) is 47.1 Å². The molecular weight excluding hydrogens is 391 g/mol. The molecule has 1 heterocycles. The van der Waals surface area contributed by atoms with Gasteiger partial charge < -0.3 is 4.99 Å². The number of sulfone groups is 1. The van der Waals surface area contributed by atoms with E-state index in [1.807, 2.05) is 13.8 Å². The first-order valence-corrected chi connectivity index (χ1v) is 10.0. The Morgan fingerprint density at radius 3 is 2.07 bits per heavy atom. The average Bonchev–Trinajstić information content (AvgIpc) is 3.06. The molecule has 0 aliphatic heterocycles. The number of benzene rings is 1. The van der Waals surface area contributed by atoms with Crippen molar-refractivity contribution in [2.45, 2.75) is 24.9 Å². The fourth-order valence-electron chi connectivity index (χ4n) is 1.86. The number of alkyl halides is 3. The van der Waals surface area contributed by atoms with Crippen LogP contribution in [0.25, 0.3) is 11.8 Å². The normalized spacial score (nSPS) is 11.1. The minimum Gasteiger partial charge on any atom is -0.304 e. The fraction of sp³-hybridized carbons (Fsp3) is 0.263. The number of nitrogens with zero attached hydrogens (tertiary/aromatic N) is 3. The molecular formula is C19H24F3N3O2S. The molecule has 0 saturated heterocycles. The molecule has 9 heteroatoms. The van der Waals surface area contributed by atoms with E-state index < -0.39 is 21.7 Å². The summed E-state index contributed by atoms with van der Waals surface area (Å²) >= 11 is 0. The first-order valence-electron chi connectivity index (χ1n) is 8.15. The molecule has 1 aromatic carbocycles. The van der Waals surface area contributed by atoms with Crippen LogP contribution < -0.4 is 0 Å². The summed E-state index contributed by atoms with van der Waals surface area (Å²) in [4.78, 5) is 6.89. The lowest BCUT2D eigenvalue weighted by molar-refractivity contribution is -0.140. The summed E-state index contributed by atoms with van der Waals surface area (Å²) in [5.41, 5.74) is -0.669. The van der Waals surface area contributed by atoms with Gasteiger partial charge in [-0.25, -0.2) is 13.4 Å². The van der Waals surface area contributed by atoms with Gasteiger partial charge in [-0.1, -0.05) is 32.6 Å². The molecule has 28 heavy (non-hydrogen) atoms. The SMILES string of the molecule is C=C/C=C/c1nc(C(F)(F)F)cn1-c1ccc(S(C)(=O)=O)cc1.C=NC.CC. The molecule has 0 atom stereocenters. The van der Waals surface area contributed by atoms with E-state index in [0.717, 1.165) is 12.5 Å². The van der Waals surface area contributed by atoms with Crippen LogP contribution in [0.5, 0.6) is 0 Å². The van der Waals surface area contributed by atoms with E-state index in [9.17, 15) is 21.6 Å². The molecule has 2 rings (SSSR count). The van der Waals surface area contributed by atoms with Gasteiger partial charge in [-0.05, 0) is 37.1 Å². The van der Waals surface area contributed by atoms with Gasteiger partial charge in [-0.3, -0.25) is 4.57 Å². The monoisotopic (exact) mass is 415 g/mol. The van der Waals surface area contributed by atoms with E-state index >= 15 is 0 Å². The van der Waals surface area contributed by atoms with Crippen molar-refractivity contribution >= 4 is 22.6 Å². The van der Waals surface area contributed by atoms with Crippen LogP contribution in [0.1, 0.15) is 25.4 Å². The van der Waals surface area contributed by atoms with Crippen molar-refractivity contribution < 1.29 is 21.6 Å². The van der Waals surface area contributed by atoms with Gasteiger partial charge in [0.15, 0.2) is 15.5 Å². The third kappa shape index (κ3) is 7.51. The lowest BCUT2D eigenvalue weighted by Gasteiger charge is -2.06. The number of aliphatic imine (C=N–C) groups is 1. The molecule has 0 bridgehead atoms. The number of halogens is 3. The number of rotatable bonds is 4. The zero-order valence-corrected chi connectivity index (χ0v) is 17.0. The molecule has 0 saturated carbocycles. The molecule has 2 aromatic rings. The smallest absolute Gasteiger partial charge is 0.304 e. The van der Waals surface area contributed by atoms with Crippen LogP contribution >= 0.6 is 0 Å². The van der Waals surface area contributed by atoms with Gasteiger partial charge in [0.05, 0.1) is 4.90 Å². The molecule has 5 nitrogen and oxygen atoms in total. The predicted molar refractivity (Wildman–Crippen MR) is 108 cm³/mol. The van der Waals surface area contributed by atoms with Gasteiger partial charge in [0.25, 0.3) is 0 Å². The second-order valence-corrected chi connectivity index (χ2v) is 7.04. The van der Waals surface area contributed by atoms with Crippen molar-refractivity contribution in [1.29, 1.82) is 0 Å². The van der Waals surface area contributed by atoms with E-state index in [-0.39, 0.29) is 10.7 Å². The first-order chi connectivity index (χ1) is 13.0. The summed E-state index contributed by atoms with van der Waals surface area (Å²) in [6.45, 7) is 10.6. The maximum Gasteiger partial charge on any atom is 0.434 e. The highest BCUT2D eigenvalue weighted by molar-refractivity contribution is 7.90. The Kier molecular flexibility index (Phi) is 10.2. The highest BCUT2D eigenvalue weighted by Gasteiger charge is 2.34. The van der Waals surface area contributed by atoms with Crippen molar-refractivity contribution in [3.63, 3.8) is 0 Å². The Labute approximate surface area is 163 Å². The van der Waals surface area contributed by atoms with Gasteiger partial charge in [-0.2, -0.15) is 13.2 Å². The lowest BCUT2D eigenvalue weighted by atomic mass is 10.3. The number of aromatic nitrogens is 2. The topological polar surface area (TPSA) is 64.3 Å². The molecule has 0 amide bonds. The van der Waals surface area contributed by atoms with Crippen molar-refractivity contribution in [2.75, 3.05) is 13.3 Å². The van der Waals surface area contributed by atoms with Crippen LogP contribution in [0.15, 0.2) is 59.1 Å². The molecule has 0 spiro atoms. The Bertz CT molecular complexity index is 897. The van der Waals surface area contributed by atoms with Crippen LogP contribution in [0.4, 0.5) is 13.2 Å². The molecule has 154 valence electrons. The average molecular weight is 415 g/mol. The highest BCUT2D eigenvalue weighted by atomic mass is 32.2. The third-order valence-electron chi connectivity index (χ3n) is 2.95. The van der Waals surface area contributed by atoms with E-state index in [4.69, 9.17) is 0 Å². The van der Waals surface area contributed by atoms with Crippen LogP contribution in [0, 0.1) is 0 Å². The lowest BCUT2D eigenvalue weighted by Crippen LogP contribution is -2.05. The largest absolute Gasteiger partial charge is 0.434 e. The summed E-state index contributed by atoms with van der Waals surface area (Å²) in [6, 6.07) is 5.50. The Morgan fingerprint density at radius 2 is 1.68 bits per heavy atom. The number of hydrogen-bond donors (Lipinski definition) is 0. The minimum atomic E-state index is -4.57. The summed E-state index contributed by atoms with van der Waals surface area (Å²) in [5, 5.41) is 0. The van der Waals surface area contributed by atoms with Crippen molar-refractivity contribution in [3.05, 3.63) is 60.7 Å². The second-order valence-electron chi connectivity index (χ2n) is 5.03. The van der Waals surface area contributed by atoms with E-state index in [0.29, 0.717) is 5.69 Å². The summed E-state index contributed by atoms with van der Waals surface area (Å²) in [7, 11) is -1.74. The molecule has 0 fully saturated rings. The van der Waals surface area contributed by atoms with Gasteiger partial charge in [0.1, 0.15) is 5.82 Å². The summed E-state index contributed by atoms with van der Waals surface area (Å²) in [6.07, 6.45) is 1.60. The minimum absolute atomic E-state index is 0.0596. The van der Waals surface area contributed by atoms with Crippen LogP contribution in [-0.2, 0) is 16.0 Å². The molecule has 0 aliphatic rings. The highest BCUT2D eigenvalue weighted by Crippen LogP contribution is 2.30. The van der Waals surface area contributed by atoms with Crippen LogP contribution in [-0.4, -0.2) is 38.0 Å². The van der Waals surface area contributed by atoms with Gasteiger partial charge in [0.2, 0.25) is 0 Å². The maximum absolute atomic E-state index is 12.8. The molecule has 1 aromatic heterocycles. The summed E-state index contributed by atoms with van der Waals surface area (Å²) in [5.74, 6) is 0.0596. The van der Waals surface area contributed by atoms with Gasteiger partial charge in [0, 0.05) is 25.2 Å². The number of imidazole rings is 1.